The fourth-order valence-corrected chi connectivity index (χ4v) is 3.60. The van der Waals surface area contributed by atoms with Crippen LogP contribution in [0.25, 0.3) is 0 Å². The summed E-state index contributed by atoms with van der Waals surface area (Å²) in [5.74, 6) is 0.0613. The van der Waals surface area contributed by atoms with Crippen LogP contribution in [0.4, 0.5) is 8.78 Å². The third kappa shape index (κ3) is 9.15. The quantitative estimate of drug-likeness (QED) is 0.536. The molecule has 0 radical (unpaired) electrons. The highest BCUT2D eigenvalue weighted by atomic mass is 19.3. The van der Waals surface area contributed by atoms with E-state index in [1.54, 1.807) is 12.1 Å². The van der Waals surface area contributed by atoms with Crippen LogP contribution in [0.1, 0.15) is 11.1 Å². The summed E-state index contributed by atoms with van der Waals surface area (Å²) in [5.41, 5.74) is 2.00. The number of benzene rings is 2. The predicted molar refractivity (Wildman–Crippen MR) is 121 cm³/mol. The average Bonchev–Trinajstić information content (AvgIpc) is 2.80. The maximum absolute atomic E-state index is 12.2. The van der Waals surface area contributed by atoms with E-state index in [1.165, 1.54) is 12.1 Å². The van der Waals surface area contributed by atoms with Crippen LogP contribution in [0.3, 0.4) is 0 Å². The van der Waals surface area contributed by atoms with Gasteiger partial charge in [-0.15, -0.1) is 0 Å². The summed E-state index contributed by atoms with van der Waals surface area (Å²) >= 11 is 0. The molecule has 1 aliphatic rings. The molecule has 7 nitrogen and oxygen atoms in total. The second-order valence-electron chi connectivity index (χ2n) is 7.94. The van der Waals surface area contributed by atoms with Gasteiger partial charge in [0, 0.05) is 39.3 Å². The summed E-state index contributed by atoms with van der Waals surface area (Å²) in [4.78, 5) is 28.6. The van der Waals surface area contributed by atoms with E-state index in [0.717, 1.165) is 37.3 Å². The van der Waals surface area contributed by atoms with Gasteiger partial charge in [-0.1, -0.05) is 42.5 Å². The molecule has 0 spiro atoms. The van der Waals surface area contributed by atoms with Crippen molar-refractivity contribution in [3.63, 3.8) is 0 Å². The van der Waals surface area contributed by atoms with Crippen molar-refractivity contribution in [2.45, 2.75) is 19.6 Å². The number of piperazine rings is 1. The van der Waals surface area contributed by atoms with Crippen LogP contribution >= 0.6 is 0 Å². The maximum Gasteiger partial charge on any atom is 0.387 e. The number of carbonyl (C=O) groups excluding carboxylic acids is 2. The normalized spacial score (nSPS) is 14.8. The van der Waals surface area contributed by atoms with Crippen molar-refractivity contribution in [2.75, 3.05) is 45.8 Å². The van der Waals surface area contributed by atoms with E-state index in [4.69, 9.17) is 0 Å². The lowest BCUT2D eigenvalue weighted by atomic mass is 10.1. The Hall–Kier alpha value is -3.04. The maximum atomic E-state index is 12.2. The van der Waals surface area contributed by atoms with Crippen molar-refractivity contribution in [1.29, 1.82) is 0 Å². The summed E-state index contributed by atoms with van der Waals surface area (Å²) in [6, 6.07) is 16.2. The molecule has 178 valence electrons. The van der Waals surface area contributed by atoms with Crippen LogP contribution in [0.5, 0.6) is 5.75 Å². The van der Waals surface area contributed by atoms with Crippen LogP contribution in [0.15, 0.2) is 54.6 Å². The first-order chi connectivity index (χ1) is 16.0. The van der Waals surface area contributed by atoms with Crippen LogP contribution in [-0.2, 0) is 22.6 Å². The predicted octanol–water partition coefficient (Wildman–Crippen LogP) is 1.88. The van der Waals surface area contributed by atoms with Gasteiger partial charge in [0.15, 0.2) is 0 Å². The summed E-state index contributed by atoms with van der Waals surface area (Å²) < 4.78 is 28.7. The summed E-state index contributed by atoms with van der Waals surface area (Å²) in [7, 11) is 0. The SMILES string of the molecule is O=C(CN1CCN(CC(=O)NCc2ccccc2)CC1)NCCc1ccc(OC(F)F)cc1. The zero-order chi connectivity index (χ0) is 23.5. The fourth-order valence-electron chi connectivity index (χ4n) is 3.60. The van der Waals surface area contributed by atoms with Gasteiger partial charge in [0.05, 0.1) is 13.1 Å². The van der Waals surface area contributed by atoms with Gasteiger partial charge in [0.2, 0.25) is 11.8 Å². The number of alkyl halides is 2. The number of nitrogens with zero attached hydrogens (tertiary/aromatic N) is 2. The average molecular weight is 461 g/mol. The second kappa shape index (κ2) is 12.9. The van der Waals surface area contributed by atoms with Crippen molar-refractivity contribution >= 4 is 11.8 Å². The summed E-state index contributed by atoms with van der Waals surface area (Å²) in [6.45, 7) is 1.74. The van der Waals surface area contributed by atoms with Gasteiger partial charge in [-0.2, -0.15) is 8.78 Å². The number of nitrogens with one attached hydrogen (secondary N) is 2. The van der Waals surface area contributed by atoms with Crippen molar-refractivity contribution in [3.8, 4) is 5.75 Å². The zero-order valence-corrected chi connectivity index (χ0v) is 18.5. The molecule has 0 bridgehead atoms. The molecule has 0 atom stereocenters. The van der Waals surface area contributed by atoms with Gasteiger partial charge in [0.25, 0.3) is 0 Å². The van der Waals surface area contributed by atoms with Crippen LogP contribution in [0, 0.1) is 0 Å². The molecule has 0 aromatic heterocycles. The molecular weight excluding hydrogens is 430 g/mol. The summed E-state index contributed by atoms with van der Waals surface area (Å²) in [6.07, 6.45) is 0.604. The third-order valence-electron chi connectivity index (χ3n) is 5.42. The largest absolute Gasteiger partial charge is 0.435 e. The first-order valence-electron chi connectivity index (χ1n) is 11.0. The molecule has 0 saturated carbocycles. The van der Waals surface area contributed by atoms with E-state index in [1.807, 2.05) is 30.3 Å². The van der Waals surface area contributed by atoms with Crippen molar-refractivity contribution in [3.05, 3.63) is 65.7 Å². The van der Waals surface area contributed by atoms with Crippen LogP contribution in [-0.4, -0.2) is 74.0 Å². The molecule has 1 aliphatic heterocycles. The van der Waals surface area contributed by atoms with Gasteiger partial charge >= 0.3 is 6.61 Å². The lowest BCUT2D eigenvalue weighted by Gasteiger charge is -2.33. The summed E-state index contributed by atoms with van der Waals surface area (Å²) in [5, 5.41) is 5.83. The van der Waals surface area contributed by atoms with E-state index in [2.05, 4.69) is 25.2 Å². The first-order valence-corrected chi connectivity index (χ1v) is 11.0. The Morgan fingerprint density at radius 1 is 0.818 bits per heavy atom. The molecule has 1 heterocycles. The minimum absolute atomic E-state index is 0.00107. The third-order valence-corrected chi connectivity index (χ3v) is 5.42. The molecule has 2 amide bonds. The van der Waals surface area contributed by atoms with E-state index in [-0.39, 0.29) is 17.6 Å². The zero-order valence-electron chi connectivity index (χ0n) is 18.5. The Kier molecular flexibility index (Phi) is 9.59. The van der Waals surface area contributed by atoms with Gasteiger partial charge < -0.3 is 15.4 Å². The Bertz CT molecular complexity index is 873. The number of rotatable bonds is 11. The van der Waals surface area contributed by atoms with Crippen LogP contribution in [0.2, 0.25) is 0 Å². The molecule has 3 rings (SSSR count). The second-order valence-corrected chi connectivity index (χ2v) is 7.94. The minimum atomic E-state index is -2.84. The number of amides is 2. The number of carbonyl (C=O) groups is 2. The lowest BCUT2D eigenvalue weighted by Crippen LogP contribution is -2.51. The van der Waals surface area contributed by atoms with Gasteiger partial charge in [0.1, 0.15) is 5.75 Å². The van der Waals surface area contributed by atoms with Crippen molar-refractivity contribution in [2.24, 2.45) is 0 Å². The molecule has 0 unspecified atom stereocenters. The van der Waals surface area contributed by atoms with Gasteiger partial charge in [-0.3, -0.25) is 19.4 Å². The highest BCUT2D eigenvalue weighted by Crippen LogP contribution is 2.15. The number of halogens is 2. The van der Waals surface area contributed by atoms with Crippen molar-refractivity contribution < 1.29 is 23.1 Å². The highest BCUT2D eigenvalue weighted by Gasteiger charge is 2.20. The Morgan fingerprint density at radius 2 is 1.39 bits per heavy atom. The molecule has 1 fully saturated rings. The monoisotopic (exact) mass is 460 g/mol. The fraction of sp³-hybridized carbons (Fsp3) is 0.417. The van der Waals surface area contributed by atoms with Crippen LogP contribution < -0.4 is 15.4 Å². The number of hydrogen-bond donors (Lipinski definition) is 2. The number of ether oxygens (including phenoxy) is 1. The molecule has 1 saturated heterocycles. The molecule has 33 heavy (non-hydrogen) atoms. The van der Waals surface area contributed by atoms with E-state index in [0.29, 0.717) is 32.6 Å². The molecule has 9 heteroatoms. The Labute approximate surface area is 192 Å². The molecule has 0 aliphatic carbocycles. The van der Waals surface area contributed by atoms with Gasteiger partial charge in [-0.25, -0.2) is 0 Å². The Balaban J connectivity index is 1.27. The van der Waals surface area contributed by atoms with Crippen molar-refractivity contribution in [1.82, 2.24) is 20.4 Å². The standard InChI is InChI=1S/C24H30F2N4O3/c25-24(26)33-21-8-6-19(7-9-21)10-11-27-22(31)17-29-12-14-30(15-13-29)18-23(32)28-16-20-4-2-1-3-5-20/h1-9,24H,10-18H2,(H,27,31)(H,28,32). The molecule has 2 aromatic rings. The molecule has 2 N–H and O–H groups in total. The molecule has 2 aromatic carbocycles. The molecular formula is C24H30F2N4O3. The van der Waals surface area contributed by atoms with Gasteiger partial charge in [-0.05, 0) is 29.7 Å². The number of hydrogen-bond acceptors (Lipinski definition) is 5. The first kappa shape index (κ1) is 24.6. The Morgan fingerprint density at radius 3 is 1.97 bits per heavy atom. The highest BCUT2D eigenvalue weighted by molar-refractivity contribution is 5.78. The topological polar surface area (TPSA) is 73.9 Å². The minimum Gasteiger partial charge on any atom is -0.435 e. The smallest absolute Gasteiger partial charge is 0.387 e. The van der Waals surface area contributed by atoms with E-state index < -0.39 is 6.61 Å². The van der Waals surface area contributed by atoms with E-state index >= 15 is 0 Å². The van der Waals surface area contributed by atoms with E-state index in [9.17, 15) is 18.4 Å². The lowest BCUT2D eigenvalue weighted by molar-refractivity contribution is -0.125.